The van der Waals surface area contributed by atoms with Crippen molar-refractivity contribution in [1.29, 1.82) is 0 Å². The van der Waals surface area contributed by atoms with Crippen molar-refractivity contribution in [1.82, 2.24) is 4.90 Å². The fourth-order valence-electron chi connectivity index (χ4n) is 2.82. The number of allylic oxidation sites excluding steroid dienone is 1. The summed E-state index contributed by atoms with van der Waals surface area (Å²) >= 11 is 5.05. The molecule has 134 valence electrons. The smallest absolute Gasteiger partial charge is 0.338 e. The zero-order chi connectivity index (χ0) is 18.7. The van der Waals surface area contributed by atoms with Crippen molar-refractivity contribution < 1.29 is 14.3 Å². The van der Waals surface area contributed by atoms with E-state index in [1.165, 1.54) is 11.8 Å². The number of hydrogen-bond donors (Lipinski definition) is 0. The molecule has 0 aliphatic carbocycles. The SMILES string of the molecule is C#CCOc1ccc([C@@H]2C(C(=O)OCC)=C(C)N=C3SC=CN32)cc1Br. The number of benzene rings is 1. The van der Waals surface area contributed by atoms with Crippen LogP contribution in [0.25, 0.3) is 0 Å². The van der Waals surface area contributed by atoms with Gasteiger partial charge in [-0.3, -0.25) is 0 Å². The lowest BCUT2D eigenvalue weighted by atomic mass is 9.95. The van der Waals surface area contributed by atoms with Crippen LogP contribution in [0.5, 0.6) is 5.75 Å². The van der Waals surface area contributed by atoms with Gasteiger partial charge in [-0.15, -0.1) is 6.42 Å². The van der Waals surface area contributed by atoms with Crippen LogP contribution in [0.1, 0.15) is 25.5 Å². The Bertz CT molecular complexity index is 870. The van der Waals surface area contributed by atoms with Gasteiger partial charge in [0, 0.05) is 6.20 Å². The monoisotopic (exact) mass is 432 g/mol. The van der Waals surface area contributed by atoms with Crippen molar-refractivity contribution in [3.63, 3.8) is 0 Å². The molecular weight excluding hydrogens is 416 g/mol. The summed E-state index contributed by atoms with van der Waals surface area (Å²) in [6.07, 6.45) is 7.18. The molecule has 3 rings (SSSR count). The highest BCUT2D eigenvalue weighted by molar-refractivity contribution is 9.10. The number of nitrogens with zero attached hydrogens (tertiary/aromatic N) is 2. The maximum Gasteiger partial charge on any atom is 0.338 e. The molecule has 0 amide bonds. The lowest BCUT2D eigenvalue weighted by Gasteiger charge is -2.33. The highest BCUT2D eigenvalue weighted by Crippen LogP contribution is 2.42. The first kappa shape index (κ1) is 18.6. The molecule has 26 heavy (non-hydrogen) atoms. The van der Waals surface area contributed by atoms with Gasteiger partial charge in [-0.2, -0.15) is 0 Å². The predicted octanol–water partition coefficient (Wildman–Crippen LogP) is 4.23. The van der Waals surface area contributed by atoms with Crippen molar-refractivity contribution >= 4 is 38.8 Å². The number of hydrogen-bond acceptors (Lipinski definition) is 6. The molecule has 0 N–H and O–H groups in total. The molecule has 0 saturated heterocycles. The first-order valence-electron chi connectivity index (χ1n) is 8.00. The molecule has 2 aliphatic rings. The number of fused-ring (bicyclic) bond motifs is 1. The summed E-state index contributed by atoms with van der Waals surface area (Å²) in [5, 5.41) is 2.79. The largest absolute Gasteiger partial charge is 0.480 e. The third kappa shape index (κ3) is 3.53. The van der Waals surface area contributed by atoms with Gasteiger partial charge in [0.15, 0.2) is 5.17 Å². The second kappa shape index (κ2) is 8.02. The Morgan fingerprint density at radius 3 is 3.00 bits per heavy atom. The molecule has 1 aromatic carbocycles. The van der Waals surface area contributed by atoms with Crippen LogP contribution in [-0.4, -0.2) is 29.3 Å². The van der Waals surface area contributed by atoms with Gasteiger partial charge in [0.2, 0.25) is 0 Å². The molecular formula is C19H17BrN2O3S. The number of aliphatic imine (C=N–C) groups is 1. The first-order valence-corrected chi connectivity index (χ1v) is 9.68. The van der Waals surface area contributed by atoms with Gasteiger partial charge in [-0.1, -0.05) is 23.7 Å². The van der Waals surface area contributed by atoms with Gasteiger partial charge in [0.25, 0.3) is 0 Å². The topological polar surface area (TPSA) is 51.1 Å². The van der Waals surface area contributed by atoms with Crippen LogP contribution >= 0.6 is 27.7 Å². The zero-order valence-corrected chi connectivity index (χ0v) is 16.8. The third-order valence-electron chi connectivity index (χ3n) is 3.90. The summed E-state index contributed by atoms with van der Waals surface area (Å²) in [4.78, 5) is 19.1. The van der Waals surface area contributed by atoms with E-state index in [-0.39, 0.29) is 18.6 Å². The fourth-order valence-corrected chi connectivity index (χ4v) is 4.12. The quantitative estimate of drug-likeness (QED) is 0.514. The number of halogens is 1. The summed E-state index contributed by atoms with van der Waals surface area (Å²) in [5.74, 6) is 2.75. The number of ether oxygens (including phenoxy) is 2. The van der Waals surface area contributed by atoms with Crippen molar-refractivity contribution in [2.45, 2.75) is 19.9 Å². The standard InChI is InChI=1S/C19H17BrN2O3S/c1-4-9-25-15-7-6-13(11-14(15)20)17-16(18(23)24-5-2)12(3)21-19-22(17)8-10-26-19/h1,6-8,10-11,17H,5,9H2,2-3H3/t17-/m1/s1. The minimum absolute atomic E-state index is 0.191. The molecule has 0 radical (unpaired) electrons. The Morgan fingerprint density at radius 1 is 1.50 bits per heavy atom. The minimum atomic E-state index is -0.355. The Labute approximate surface area is 165 Å². The van der Waals surface area contributed by atoms with Gasteiger partial charge >= 0.3 is 5.97 Å². The second-order valence-corrected chi connectivity index (χ2v) is 7.24. The number of esters is 1. The third-order valence-corrected chi connectivity index (χ3v) is 5.29. The normalized spacial score (nSPS) is 18.3. The lowest BCUT2D eigenvalue weighted by Crippen LogP contribution is -2.34. The van der Waals surface area contributed by atoms with Crippen LogP contribution < -0.4 is 4.74 Å². The molecule has 1 atom stereocenters. The number of carbonyl (C=O) groups is 1. The van der Waals surface area contributed by atoms with Crippen molar-refractivity contribution in [2.24, 2.45) is 4.99 Å². The van der Waals surface area contributed by atoms with E-state index in [9.17, 15) is 4.79 Å². The van der Waals surface area contributed by atoms with Crippen molar-refractivity contribution in [3.05, 3.63) is 51.1 Å². The van der Waals surface area contributed by atoms with E-state index < -0.39 is 0 Å². The van der Waals surface area contributed by atoms with E-state index in [1.807, 2.05) is 41.6 Å². The highest BCUT2D eigenvalue weighted by Gasteiger charge is 2.37. The fraction of sp³-hybridized carbons (Fsp3) is 0.263. The zero-order valence-electron chi connectivity index (χ0n) is 14.4. The van der Waals surface area contributed by atoms with Gasteiger partial charge in [-0.05, 0) is 52.9 Å². The highest BCUT2D eigenvalue weighted by atomic mass is 79.9. The summed E-state index contributed by atoms with van der Waals surface area (Å²) in [6, 6.07) is 5.38. The number of rotatable bonds is 5. The average molecular weight is 433 g/mol. The molecule has 0 saturated carbocycles. The molecule has 7 heteroatoms. The van der Waals surface area contributed by atoms with Crippen LogP contribution in [0.2, 0.25) is 0 Å². The van der Waals surface area contributed by atoms with Crippen LogP contribution in [0, 0.1) is 12.3 Å². The number of carbonyl (C=O) groups excluding carboxylic acids is 1. The Kier molecular flexibility index (Phi) is 5.74. The van der Waals surface area contributed by atoms with Crippen LogP contribution in [-0.2, 0) is 9.53 Å². The van der Waals surface area contributed by atoms with Gasteiger partial charge in [-0.25, -0.2) is 9.79 Å². The molecule has 5 nitrogen and oxygen atoms in total. The number of amidine groups is 1. The van der Waals surface area contributed by atoms with Gasteiger partial charge < -0.3 is 14.4 Å². The van der Waals surface area contributed by atoms with Crippen LogP contribution in [0.3, 0.4) is 0 Å². The molecule has 0 fully saturated rings. The van der Waals surface area contributed by atoms with E-state index >= 15 is 0 Å². The van der Waals surface area contributed by atoms with Gasteiger partial charge in [0.1, 0.15) is 12.4 Å². The Balaban J connectivity index is 2.03. The summed E-state index contributed by atoms with van der Waals surface area (Å²) in [5.41, 5.74) is 2.12. The van der Waals surface area contributed by atoms with E-state index in [1.54, 1.807) is 6.92 Å². The predicted molar refractivity (Wildman–Crippen MR) is 107 cm³/mol. The van der Waals surface area contributed by atoms with E-state index in [0.29, 0.717) is 23.6 Å². The molecule has 1 aromatic rings. The van der Waals surface area contributed by atoms with Crippen LogP contribution in [0.15, 0.2) is 50.5 Å². The van der Waals surface area contributed by atoms with Crippen LogP contribution in [0.4, 0.5) is 0 Å². The number of thioether (sulfide) groups is 1. The minimum Gasteiger partial charge on any atom is -0.480 e. The maximum absolute atomic E-state index is 12.6. The molecule has 0 unspecified atom stereocenters. The summed E-state index contributed by atoms with van der Waals surface area (Å²) in [6.45, 7) is 4.13. The second-order valence-electron chi connectivity index (χ2n) is 5.51. The van der Waals surface area contributed by atoms with E-state index in [2.05, 4.69) is 26.8 Å². The van der Waals surface area contributed by atoms with Gasteiger partial charge in [0.05, 0.1) is 28.4 Å². The average Bonchev–Trinajstić information content (AvgIpc) is 3.07. The lowest BCUT2D eigenvalue weighted by molar-refractivity contribution is -0.139. The summed E-state index contributed by atoms with van der Waals surface area (Å²) in [7, 11) is 0. The Morgan fingerprint density at radius 2 is 2.31 bits per heavy atom. The number of terminal acetylenes is 1. The molecule has 0 bridgehead atoms. The van der Waals surface area contributed by atoms with E-state index in [0.717, 1.165) is 15.2 Å². The van der Waals surface area contributed by atoms with Crippen molar-refractivity contribution in [3.8, 4) is 18.1 Å². The first-order chi connectivity index (χ1) is 12.6. The maximum atomic E-state index is 12.6. The molecule has 2 heterocycles. The molecule has 0 aromatic heterocycles. The molecule has 2 aliphatic heterocycles. The van der Waals surface area contributed by atoms with Crippen molar-refractivity contribution in [2.75, 3.05) is 13.2 Å². The Hall–Kier alpha value is -2.17. The molecule has 0 spiro atoms. The summed E-state index contributed by atoms with van der Waals surface area (Å²) < 4.78 is 11.6. The van der Waals surface area contributed by atoms with E-state index in [4.69, 9.17) is 15.9 Å².